The first-order valence-electron chi connectivity index (χ1n) is 16.7. The Hall–Kier alpha value is -2.36. The highest BCUT2D eigenvalue weighted by atomic mass is 35.5. The fourth-order valence-corrected chi connectivity index (χ4v) is 8.05. The van der Waals surface area contributed by atoms with Crippen LogP contribution in [0.2, 0.25) is 10.0 Å². The summed E-state index contributed by atoms with van der Waals surface area (Å²) < 4.78 is 0. The van der Waals surface area contributed by atoms with Crippen molar-refractivity contribution in [2.24, 2.45) is 23.5 Å². The van der Waals surface area contributed by atoms with Gasteiger partial charge in [0, 0.05) is 49.7 Å². The van der Waals surface area contributed by atoms with E-state index in [1.807, 2.05) is 12.1 Å². The zero-order valence-electron chi connectivity index (χ0n) is 26.7. The maximum Gasteiger partial charge on any atom is 0.314 e. The van der Waals surface area contributed by atoms with Crippen molar-refractivity contribution in [1.82, 2.24) is 25.3 Å². The van der Waals surface area contributed by atoms with Crippen LogP contribution in [0.3, 0.4) is 0 Å². The van der Waals surface area contributed by atoms with Gasteiger partial charge < -0.3 is 21.3 Å². The van der Waals surface area contributed by atoms with E-state index in [9.17, 15) is 9.59 Å². The van der Waals surface area contributed by atoms with Gasteiger partial charge in [-0.3, -0.25) is 14.6 Å². The summed E-state index contributed by atoms with van der Waals surface area (Å²) in [6, 6.07) is 12.7. The third-order valence-electron chi connectivity index (χ3n) is 10.2. The van der Waals surface area contributed by atoms with Gasteiger partial charge in [-0.2, -0.15) is 0 Å². The average Bonchev–Trinajstić information content (AvgIpc) is 3.03. The summed E-state index contributed by atoms with van der Waals surface area (Å²) >= 11 is 12.8. The number of carbonyl (C=O) groups is 2. The van der Waals surface area contributed by atoms with Crippen molar-refractivity contribution in [1.29, 1.82) is 0 Å². The molecule has 0 saturated carbocycles. The maximum absolute atomic E-state index is 11.6. The first-order valence-corrected chi connectivity index (χ1v) is 17.5. The number of likely N-dealkylation sites (tertiary alicyclic amines) is 3. The number of carbonyl (C=O) groups excluding carboxylic acids is 2. The lowest BCUT2D eigenvalue weighted by atomic mass is 9.78. The van der Waals surface area contributed by atoms with Crippen LogP contribution in [0, 0.1) is 17.8 Å². The molecule has 4 N–H and O–H groups in total. The van der Waals surface area contributed by atoms with Crippen LogP contribution in [0.5, 0.6) is 0 Å². The van der Waals surface area contributed by atoms with E-state index in [0.29, 0.717) is 22.4 Å². The summed E-state index contributed by atoms with van der Waals surface area (Å²) in [5.74, 6) is 1.91. The number of nitrogens with zero attached hydrogens (tertiary/aromatic N) is 3. The van der Waals surface area contributed by atoms with Crippen LogP contribution >= 0.6 is 23.2 Å². The summed E-state index contributed by atoms with van der Waals surface area (Å²) in [4.78, 5) is 30.3. The van der Waals surface area contributed by atoms with E-state index < -0.39 is 0 Å². The molecule has 45 heavy (non-hydrogen) atoms. The molecule has 2 aromatic rings. The lowest BCUT2D eigenvalue weighted by Gasteiger charge is -2.40. The predicted molar refractivity (Wildman–Crippen MR) is 183 cm³/mol. The summed E-state index contributed by atoms with van der Waals surface area (Å²) in [5, 5.41) is 6.91. The van der Waals surface area contributed by atoms with Gasteiger partial charge in [0.25, 0.3) is 0 Å². The molecule has 0 atom stereocenters. The second-order valence-electron chi connectivity index (χ2n) is 13.4. The molecule has 3 saturated heterocycles. The molecule has 246 valence electrons. The van der Waals surface area contributed by atoms with Gasteiger partial charge in [0.15, 0.2) is 0 Å². The second-order valence-corrected chi connectivity index (χ2v) is 14.3. The van der Waals surface area contributed by atoms with E-state index in [4.69, 9.17) is 28.9 Å². The van der Waals surface area contributed by atoms with E-state index >= 15 is 0 Å². The number of nitrogens with two attached hydrogens (primary N) is 1. The van der Waals surface area contributed by atoms with Crippen LogP contribution in [0.25, 0.3) is 11.1 Å². The molecule has 0 bridgehead atoms. The molecule has 0 aromatic heterocycles. The van der Waals surface area contributed by atoms with Gasteiger partial charge in [-0.05, 0) is 148 Å². The average molecular weight is 658 g/mol. The number of amides is 3. The molecular formula is C35H50Cl2N6O2. The van der Waals surface area contributed by atoms with Crippen molar-refractivity contribution in [3.8, 4) is 11.1 Å². The highest BCUT2D eigenvalue weighted by Gasteiger charge is 2.30. The molecule has 8 nitrogen and oxygen atoms in total. The molecule has 0 aliphatic carbocycles. The molecule has 3 aliphatic rings. The van der Waals surface area contributed by atoms with Crippen LogP contribution in [0.15, 0.2) is 36.4 Å². The van der Waals surface area contributed by atoms with Gasteiger partial charge in [-0.15, -0.1) is 0 Å². The molecular weight excluding hydrogens is 607 g/mol. The van der Waals surface area contributed by atoms with E-state index in [1.165, 1.54) is 36.8 Å². The molecule has 0 radical (unpaired) electrons. The van der Waals surface area contributed by atoms with Crippen LogP contribution in [-0.2, 0) is 17.9 Å². The van der Waals surface area contributed by atoms with Crippen LogP contribution in [0.1, 0.15) is 56.1 Å². The van der Waals surface area contributed by atoms with Gasteiger partial charge in [0.2, 0.25) is 5.91 Å². The summed E-state index contributed by atoms with van der Waals surface area (Å²) in [5.41, 5.74) is 10.2. The Balaban J connectivity index is 1.19. The first kappa shape index (κ1) is 34.0. The normalized spacial score (nSPS) is 19.9. The minimum absolute atomic E-state index is 0.105. The third kappa shape index (κ3) is 10.3. The number of urea groups is 1. The van der Waals surface area contributed by atoms with Gasteiger partial charge in [0.05, 0.1) is 0 Å². The SMILES string of the molecule is CNC(=O)NCC1CCN(Cc2cc(CN3CCC(C4CCN(CCC(N)=O)CC4)CC3)cc(-c3cc(Cl)cc(Cl)c3)c2)CC1. The maximum atomic E-state index is 11.6. The fraction of sp³-hybridized carbons (Fsp3) is 0.600. The molecule has 3 amide bonds. The van der Waals surface area contributed by atoms with E-state index in [2.05, 4.69) is 43.5 Å². The van der Waals surface area contributed by atoms with Crippen molar-refractivity contribution in [2.45, 2.75) is 58.0 Å². The Morgan fingerprint density at radius 1 is 0.733 bits per heavy atom. The monoisotopic (exact) mass is 656 g/mol. The molecule has 3 heterocycles. The first-order chi connectivity index (χ1) is 21.7. The van der Waals surface area contributed by atoms with E-state index in [1.54, 1.807) is 13.1 Å². The summed E-state index contributed by atoms with van der Waals surface area (Å²) in [6.45, 7) is 9.89. The van der Waals surface area contributed by atoms with Crippen molar-refractivity contribution in [3.05, 3.63) is 57.6 Å². The van der Waals surface area contributed by atoms with E-state index in [-0.39, 0.29) is 11.9 Å². The zero-order chi connectivity index (χ0) is 31.8. The lowest BCUT2D eigenvalue weighted by Crippen LogP contribution is -2.41. The van der Waals surface area contributed by atoms with Crippen molar-refractivity contribution >= 4 is 35.1 Å². The number of hydrogen-bond donors (Lipinski definition) is 3. The number of primary amides is 1. The van der Waals surface area contributed by atoms with Crippen molar-refractivity contribution < 1.29 is 9.59 Å². The second kappa shape index (κ2) is 16.5. The zero-order valence-corrected chi connectivity index (χ0v) is 28.2. The Labute approximate surface area is 279 Å². The quantitative estimate of drug-likeness (QED) is 0.293. The van der Waals surface area contributed by atoms with Crippen LogP contribution in [-0.4, -0.2) is 86.0 Å². The number of rotatable bonds is 11. The van der Waals surface area contributed by atoms with Crippen molar-refractivity contribution in [3.63, 3.8) is 0 Å². The summed E-state index contributed by atoms with van der Waals surface area (Å²) in [7, 11) is 1.65. The van der Waals surface area contributed by atoms with Crippen LogP contribution < -0.4 is 16.4 Å². The van der Waals surface area contributed by atoms with Gasteiger partial charge in [-0.25, -0.2) is 4.79 Å². The minimum Gasteiger partial charge on any atom is -0.370 e. The third-order valence-corrected chi connectivity index (χ3v) is 10.6. The largest absolute Gasteiger partial charge is 0.370 e. The molecule has 3 fully saturated rings. The molecule has 0 unspecified atom stereocenters. The highest BCUT2D eigenvalue weighted by Crippen LogP contribution is 2.34. The Morgan fingerprint density at radius 2 is 1.22 bits per heavy atom. The Bertz CT molecular complexity index is 1260. The number of halogens is 2. The number of piperidine rings is 3. The van der Waals surface area contributed by atoms with Gasteiger partial charge in [0.1, 0.15) is 0 Å². The highest BCUT2D eigenvalue weighted by molar-refractivity contribution is 6.35. The van der Waals surface area contributed by atoms with Crippen LogP contribution in [0.4, 0.5) is 4.79 Å². The Morgan fingerprint density at radius 3 is 1.73 bits per heavy atom. The standard InChI is InChI=1S/C35H50Cl2N6O2/c1-39-35(45)40-22-25-2-9-42(10-3-25)23-26-16-27(18-30(17-26)31-19-32(36)21-33(37)20-31)24-43-13-6-29(7-14-43)28-4-11-41(12-5-28)15-8-34(38)44/h16-21,25,28-29H,2-15,22-24H2,1H3,(H2,38,44)(H2,39,40,45). The van der Waals surface area contributed by atoms with Crippen molar-refractivity contribution in [2.75, 3.05) is 59.4 Å². The summed E-state index contributed by atoms with van der Waals surface area (Å²) in [6.07, 6.45) is 7.62. The molecule has 10 heteroatoms. The van der Waals surface area contributed by atoms with Gasteiger partial charge >= 0.3 is 6.03 Å². The minimum atomic E-state index is -0.202. The molecule has 5 rings (SSSR count). The molecule has 3 aliphatic heterocycles. The predicted octanol–water partition coefficient (Wildman–Crippen LogP) is 5.60. The number of nitrogens with one attached hydrogen (secondary N) is 2. The molecule has 2 aromatic carbocycles. The number of hydrogen-bond acceptors (Lipinski definition) is 5. The Kier molecular flexibility index (Phi) is 12.4. The topological polar surface area (TPSA) is 93.9 Å². The molecule has 0 spiro atoms. The fourth-order valence-electron chi connectivity index (χ4n) is 7.52. The van der Waals surface area contributed by atoms with Gasteiger partial charge in [-0.1, -0.05) is 29.3 Å². The smallest absolute Gasteiger partial charge is 0.314 e. The number of benzene rings is 2. The lowest BCUT2D eigenvalue weighted by molar-refractivity contribution is -0.118. The van der Waals surface area contributed by atoms with E-state index in [0.717, 1.165) is 101 Å².